The van der Waals surface area contributed by atoms with Crippen LogP contribution < -0.4 is 16.0 Å². The van der Waals surface area contributed by atoms with Gasteiger partial charge in [0, 0.05) is 19.6 Å². The van der Waals surface area contributed by atoms with Crippen LogP contribution in [-0.2, 0) is 0 Å². The van der Waals surface area contributed by atoms with Crippen molar-refractivity contribution in [3.05, 3.63) is 17.8 Å². The molecule has 1 fully saturated rings. The fraction of sp³-hybridized carbons (Fsp3) is 0.615. The maximum Gasteiger partial charge on any atom is 0.271 e. The summed E-state index contributed by atoms with van der Waals surface area (Å²) in [5, 5.41) is 10.8. The third-order valence-corrected chi connectivity index (χ3v) is 3.49. The quantitative estimate of drug-likeness (QED) is 0.821. The van der Waals surface area contributed by atoms with Gasteiger partial charge in [0.15, 0.2) is 11.5 Å². The van der Waals surface area contributed by atoms with Crippen molar-refractivity contribution in [1.82, 2.24) is 15.5 Å². The van der Waals surface area contributed by atoms with E-state index in [1.807, 2.05) is 13.0 Å². The molecule has 3 N–H and O–H groups in total. The zero-order valence-electron chi connectivity index (χ0n) is 11.3. The van der Waals surface area contributed by atoms with Gasteiger partial charge in [-0.25, -0.2) is 0 Å². The van der Waals surface area contributed by atoms with Crippen LogP contribution in [-0.4, -0.2) is 42.3 Å². The summed E-state index contributed by atoms with van der Waals surface area (Å²) in [6, 6.07) is 3.59. The van der Waals surface area contributed by atoms with Crippen molar-refractivity contribution >= 4 is 11.7 Å². The molecule has 1 aromatic heterocycles. The number of nitrogens with zero attached hydrogens (tertiary/aromatic N) is 3. The molecule has 104 valence electrons. The number of hydrogen-bond donors (Lipinski definition) is 2. The Labute approximate surface area is 113 Å². The number of amides is 1. The summed E-state index contributed by atoms with van der Waals surface area (Å²) in [6.07, 6.45) is 2.19. The molecule has 0 aliphatic carbocycles. The van der Waals surface area contributed by atoms with Gasteiger partial charge >= 0.3 is 0 Å². The molecule has 0 aromatic carbocycles. The molecule has 19 heavy (non-hydrogen) atoms. The summed E-state index contributed by atoms with van der Waals surface area (Å²) in [6.45, 7) is 5.14. The third kappa shape index (κ3) is 3.41. The smallest absolute Gasteiger partial charge is 0.271 e. The number of nitrogens with two attached hydrogens (primary N) is 1. The number of piperidine rings is 1. The van der Waals surface area contributed by atoms with Crippen LogP contribution in [0.4, 0.5) is 5.82 Å². The van der Waals surface area contributed by atoms with Crippen molar-refractivity contribution in [1.29, 1.82) is 0 Å². The zero-order chi connectivity index (χ0) is 13.7. The molecule has 0 saturated carbocycles. The van der Waals surface area contributed by atoms with Gasteiger partial charge in [-0.15, -0.1) is 10.2 Å². The van der Waals surface area contributed by atoms with Gasteiger partial charge in [-0.2, -0.15) is 0 Å². The van der Waals surface area contributed by atoms with E-state index in [1.54, 1.807) is 6.07 Å². The predicted octanol–water partition coefficient (Wildman–Crippen LogP) is 0.401. The molecule has 2 rings (SSSR count). The van der Waals surface area contributed by atoms with Gasteiger partial charge in [-0.1, -0.05) is 0 Å². The molecule has 2 heterocycles. The van der Waals surface area contributed by atoms with Crippen molar-refractivity contribution in [2.75, 3.05) is 31.1 Å². The Morgan fingerprint density at radius 1 is 1.42 bits per heavy atom. The molecular weight excluding hydrogens is 242 g/mol. The second kappa shape index (κ2) is 6.47. The Morgan fingerprint density at radius 2 is 2.16 bits per heavy atom. The van der Waals surface area contributed by atoms with Crippen LogP contribution in [0.1, 0.15) is 30.3 Å². The monoisotopic (exact) mass is 263 g/mol. The van der Waals surface area contributed by atoms with Crippen molar-refractivity contribution in [2.24, 2.45) is 11.7 Å². The highest BCUT2D eigenvalue weighted by molar-refractivity contribution is 5.92. The van der Waals surface area contributed by atoms with Gasteiger partial charge in [0.1, 0.15) is 0 Å². The first kappa shape index (κ1) is 13.7. The van der Waals surface area contributed by atoms with Gasteiger partial charge in [0.05, 0.1) is 0 Å². The average Bonchev–Trinajstić information content (AvgIpc) is 2.48. The molecule has 6 nitrogen and oxygen atoms in total. The van der Waals surface area contributed by atoms with E-state index >= 15 is 0 Å². The van der Waals surface area contributed by atoms with Crippen molar-refractivity contribution in [2.45, 2.75) is 19.8 Å². The van der Waals surface area contributed by atoms with Crippen LogP contribution in [0, 0.1) is 5.92 Å². The van der Waals surface area contributed by atoms with Gasteiger partial charge in [-0.05, 0) is 44.4 Å². The minimum absolute atomic E-state index is 0.177. The average molecular weight is 263 g/mol. The highest BCUT2D eigenvalue weighted by atomic mass is 16.1. The number of rotatable bonds is 4. The van der Waals surface area contributed by atoms with E-state index in [4.69, 9.17) is 5.73 Å². The second-order valence-electron chi connectivity index (χ2n) is 4.80. The molecule has 1 aliphatic rings. The van der Waals surface area contributed by atoms with E-state index in [-0.39, 0.29) is 5.91 Å². The molecule has 0 atom stereocenters. The lowest BCUT2D eigenvalue weighted by Gasteiger charge is -2.31. The number of aromatic nitrogens is 2. The Morgan fingerprint density at radius 3 is 2.68 bits per heavy atom. The highest BCUT2D eigenvalue weighted by Crippen LogP contribution is 2.20. The van der Waals surface area contributed by atoms with Crippen molar-refractivity contribution < 1.29 is 4.79 Å². The van der Waals surface area contributed by atoms with Gasteiger partial charge in [-0.3, -0.25) is 4.79 Å². The van der Waals surface area contributed by atoms with Crippen molar-refractivity contribution in [3.63, 3.8) is 0 Å². The van der Waals surface area contributed by atoms with Crippen LogP contribution >= 0.6 is 0 Å². The van der Waals surface area contributed by atoms with Crippen LogP contribution in [0.15, 0.2) is 12.1 Å². The van der Waals surface area contributed by atoms with Crippen LogP contribution in [0.2, 0.25) is 0 Å². The van der Waals surface area contributed by atoms with Crippen LogP contribution in [0.3, 0.4) is 0 Å². The lowest BCUT2D eigenvalue weighted by molar-refractivity contribution is 0.0950. The molecule has 0 bridgehead atoms. The number of nitrogens with one attached hydrogen (secondary N) is 1. The minimum Gasteiger partial charge on any atom is -0.355 e. The molecular formula is C13H21N5O. The molecule has 6 heteroatoms. The highest BCUT2D eigenvalue weighted by Gasteiger charge is 2.19. The Bertz CT molecular complexity index is 412. The van der Waals surface area contributed by atoms with E-state index in [0.29, 0.717) is 18.2 Å². The maximum atomic E-state index is 11.6. The Kier molecular flexibility index (Phi) is 4.68. The first-order valence-corrected chi connectivity index (χ1v) is 6.81. The molecule has 0 radical (unpaired) electrons. The summed E-state index contributed by atoms with van der Waals surface area (Å²) in [7, 11) is 0. The summed E-state index contributed by atoms with van der Waals surface area (Å²) in [5.41, 5.74) is 6.04. The Balaban J connectivity index is 1.97. The Hall–Kier alpha value is -1.69. The van der Waals surface area contributed by atoms with Gasteiger partial charge in [0.2, 0.25) is 0 Å². The summed E-state index contributed by atoms with van der Waals surface area (Å²) < 4.78 is 0. The fourth-order valence-electron chi connectivity index (χ4n) is 2.26. The standard InChI is InChI=1S/C13H21N5O/c1-2-15-13(19)11-3-4-12(17-16-11)18-7-5-10(9-14)6-8-18/h3-4,10H,2,5-9,14H2,1H3,(H,15,19). The zero-order valence-corrected chi connectivity index (χ0v) is 11.3. The third-order valence-electron chi connectivity index (χ3n) is 3.49. The van der Waals surface area contributed by atoms with E-state index in [1.165, 1.54) is 0 Å². The number of anilines is 1. The number of carbonyl (C=O) groups is 1. The largest absolute Gasteiger partial charge is 0.355 e. The van der Waals surface area contributed by atoms with Gasteiger partial charge in [0.25, 0.3) is 5.91 Å². The number of carbonyl (C=O) groups excluding carboxylic acids is 1. The van der Waals surface area contributed by atoms with Gasteiger partial charge < -0.3 is 16.0 Å². The van der Waals surface area contributed by atoms with E-state index in [9.17, 15) is 4.79 Å². The predicted molar refractivity (Wildman–Crippen MR) is 74.0 cm³/mol. The molecule has 1 aromatic rings. The summed E-state index contributed by atoms with van der Waals surface area (Å²) in [5.74, 6) is 1.28. The number of hydrogen-bond acceptors (Lipinski definition) is 5. The van der Waals surface area contributed by atoms with E-state index in [0.717, 1.165) is 38.3 Å². The van der Waals surface area contributed by atoms with Crippen LogP contribution in [0.25, 0.3) is 0 Å². The van der Waals surface area contributed by atoms with Crippen molar-refractivity contribution in [3.8, 4) is 0 Å². The lowest BCUT2D eigenvalue weighted by atomic mass is 9.97. The lowest BCUT2D eigenvalue weighted by Crippen LogP contribution is -2.36. The first-order valence-electron chi connectivity index (χ1n) is 6.81. The van der Waals surface area contributed by atoms with E-state index < -0.39 is 0 Å². The normalized spacial score (nSPS) is 16.4. The van der Waals surface area contributed by atoms with Crippen LogP contribution in [0.5, 0.6) is 0 Å². The molecule has 0 spiro atoms. The second-order valence-corrected chi connectivity index (χ2v) is 4.80. The first-order chi connectivity index (χ1) is 9.24. The summed E-state index contributed by atoms with van der Waals surface area (Å²) in [4.78, 5) is 13.8. The molecule has 1 amide bonds. The van der Waals surface area contributed by atoms with E-state index in [2.05, 4.69) is 20.4 Å². The minimum atomic E-state index is -0.177. The maximum absolute atomic E-state index is 11.6. The fourth-order valence-corrected chi connectivity index (χ4v) is 2.26. The molecule has 1 aliphatic heterocycles. The summed E-state index contributed by atoms with van der Waals surface area (Å²) >= 11 is 0. The topological polar surface area (TPSA) is 84.1 Å². The molecule has 0 unspecified atom stereocenters. The SMILES string of the molecule is CCNC(=O)c1ccc(N2CCC(CN)CC2)nn1. The molecule has 1 saturated heterocycles.